The van der Waals surface area contributed by atoms with Gasteiger partial charge in [-0.3, -0.25) is 9.69 Å². The Bertz CT molecular complexity index is 1280. The Morgan fingerprint density at radius 3 is 2.31 bits per heavy atom. The second kappa shape index (κ2) is 15.5. The first-order chi connectivity index (χ1) is 20.0. The van der Waals surface area contributed by atoms with E-state index in [1.807, 2.05) is 17.9 Å². The Balaban J connectivity index is 0.00000405. The minimum absolute atomic E-state index is 0. The number of piperazine rings is 1. The molecule has 3 aromatic carbocycles. The summed E-state index contributed by atoms with van der Waals surface area (Å²) in [5, 5.41) is 0. The molecule has 5 rings (SSSR count). The van der Waals surface area contributed by atoms with Crippen LogP contribution in [-0.2, 0) is 17.8 Å². The van der Waals surface area contributed by atoms with E-state index in [4.69, 9.17) is 10.5 Å². The number of nitrogens with two attached hydrogens (primary N) is 1. The van der Waals surface area contributed by atoms with Crippen molar-refractivity contribution in [3.8, 4) is 16.9 Å². The van der Waals surface area contributed by atoms with Crippen molar-refractivity contribution < 1.29 is 13.9 Å². The molecule has 2 N–H and O–H groups in total. The number of likely N-dealkylation sites (tertiary alicyclic amines) is 1. The number of ether oxygens (including phenoxy) is 1. The third kappa shape index (κ3) is 7.90. The summed E-state index contributed by atoms with van der Waals surface area (Å²) in [4.78, 5) is 19.9. The molecule has 0 aliphatic carbocycles. The number of nitrogens with zero attached hydrogens (tertiary/aromatic N) is 3. The molecule has 0 radical (unpaired) electrons. The van der Waals surface area contributed by atoms with Gasteiger partial charge in [0.05, 0.1) is 12.6 Å². The van der Waals surface area contributed by atoms with Crippen LogP contribution in [0.1, 0.15) is 30.9 Å². The normalized spacial score (nSPS) is 17.5. The third-order valence-corrected chi connectivity index (χ3v) is 8.67. The van der Waals surface area contributed by atoms with Gasteiger partial charge in [0.2, 0.25) is 5.91 Å². The highest BCUT2D eigenvalue weighted by atomic mass is 35.5. The Hall–Kier alpha value is -2.97. The lowest BCUT2D eigenvalue weighted by molar-refractivity contribution is -0.136. The van der Waals surface area contributed by atoms with Crippen LogP contribution in [0.5, 0.6) is 5.75 Å². The lowest BCUT2D eigenvalue weighted by Gasteiger charge is -2.39. The van der Waals surface area contributed by atoms with Crippen molar-refractivity contribution >= 4 is 18.3 Å². The Labute approximate surface area is 256 Å². The molecule has 2 aliphatic rings. The van der Waals surface area contributed by atoms with E-state index >= 15 is 0 Å². The van der Waals surface area contributed by atoms with Crippen LogP contribution < -0.4 is 10.5 Å². The molecule has 2 aliphatic heterocycles. The molecule has 0 aromatic heterocycles. The van der Waals surface area contributed by atoms with Crippen LogP contribution in [0.15, 0.2) is 72.8 Å². The van der Waals surface area contributed by atoms with Crippen molar-refractivity contribution in [1.82, 2.24) is 14.7 Å². The van der Waals surface area contributed by atoms with Gasteiger partial charge in [-0.2, -0.15) is 0 Å². The van der Waals surface area contributed by atoms with Gasteiger partial charge in [-0.1, -0.05) is 60.7 Å². The number of benzene rings is 3. The summed E-state index contributed by atoms with van der Waals surface area (Å²) in [5.74, 6) is 0.615. The van der Waals surface area contributed by atoms with Gasteiger partial charge in [0, 0.05) is 44.8 Å². The lowest BCUT2D eigenvalue weighted by Crippen LogP contribution is -2.55. The van der Waals surface area contributed by atoms with Crippen LogP contribution in [0, 0.1) is 11.7 Å². The molecule has 0 saturated carbocycles. The van der Waals surface area contributed by atoms with E-state index < -0.39 is 6.04 Å². The highest BCUT2D eigenvalue weighted by Gasteiger charge is 2.33. The summed E-state index contributed by atoms with van der Waals surface area (Å²) in [6.07, 6.45) is 2.89. The number of rotatable bonds is 10. The molecule has 226 valence electrons. The lowest BCUT2D eigenvalue weighted by atomic mass is 9.88. The van der Waals surface area contributed by atoms with Crippen molar-refractivity contribution in [2.24, 2.45) is 11.7 Å². The molecule has 0 spiro atoms. The quantitative estimate of drug-likeness (QED) is 0.348. The SMILES string of the molecule is CCOc1cccc(F)c1CN1CCN(C(=O)[C@H](N)C2CCN(CCc3ccccc3-c3ccccc3)CC2)CC1.Cl. The molecule has 42 heavy (non-hydrogen) atoms. The van der Waals surface area contributed by atoms with Gasteiger partial charge in [-0.05, 0) is 74.0 Å². The molecule has 2 fully saturated rings. The van der Waals surface area contributed by atoms with E-state index in [0.717, 1.165) is 38.9 Å². The molecule has 2 heterocycles. The minimum atomic E-state index is -0.460. The summed E-state index contributed by atoms with van der Waals surface area (Å²) in [7, 11) is 0. The van der Waals surface area contributed by atoms with Gasteiger partial charge in [-0.25, -0.2) is 4.39 Å². The summed E-state index contributed by atoms with van der Waals surface area (Å²) in [6, 6.07) is 23.8. The summed E-state index contributed by atoms with van der Waals surface area (Å²) < 4.78 is 20.1. The van der Waals surface area contributed by atoms with Crippen LogP contribution in [-0.4, -0.2) is 79.1 Å². The topological polar surface area (TPSA) is 62.0 Å². The van der Waals surface area contributed by atoms with Gasteiger partial charge >= 0.3 is 0 Å². The van der Waals surface area contributed by atoms with Gasteiger partial charge in [-0.15, -0.1) is 12.4 Å². The van der Waals surface area contributed by atoms with E-state index in [9.17, 15) is 9.18 Å². The molecule has 1 atom stereocenters. The first-order valence-electron chi connectivity index (χ1n) is 15.1. The third-order valence-electron chi connectivity index (χ3n) is 8.67. The Kier molecular flexibility index (Phi) is 11.8. The van der Waals surface area contributed by atoms with Crippen molar-refractivity contribution in [3.63, 3.8) is 0 Å². The maximum absolute atomic E-state index is 14.5. The largest absolute Gasteiger partial charge is 0.493 e. The highest BCUT2D eigenvalue weighted by molar-refractivity contribution is 5.85. The van der Waals surface area contributed by atoms with E-state index in [1.165, 1.54) is 22.8 Å². The first kappa shape index (κ1) is 32.0. The standard InChI is InChI=1S/C34H43FN4O2.ClH/c1-2-41-32-14-8-13-31(35)30(32)25-38-21-23-39(24-22-38)34(40)33(36)28-16-19-37(20-17-28)18-15-27-11-6-7-12-29(27)26-9-4-3-5-10-26;/h3-14,28,33H,2,15-25,36H2,1H3;1H/t33-;/m1./s1. The van der Waals surface area contributed by atoms with Gasteiger partial charge < -0.3 is 20.3 Å². The van der Waals surface area contributed by atoms with Crippen LogP contribution in [0.3, 0.4) is 0 Å². The molecule has 0 bridgehead atoms. The zero-order chi connectivity index (χ0) is 28.6. The van der Waals surface area contributed by atoms with Crippen LogP contribution >= 0.6 is 12.4 Å². The fourth-order valence-corrected chi connectivity index (χ4v) is 6.20. The number of piperidine rings is 1. The van der Waals surface area contributed by atoms with Crippen molar-refractivity contribution in [2.75, 3.05) is 52.4 Å². The maximum Gasteiger partial charge on any atom is 0.239 e. The number of carbonyl (C=O) groups is 1. The average Bonchev–Trinajstić information content (AvgIpc) is 3.02. The zero-order valence-corrected chi connectivity index (χ0v) is 25.4. The second-order valence-corrected chi connectivity index (χ2v) is 11.2. The van der Waals surface area contributed by atoms with Gasteiger partial charge in [0.15, 0.2) is 0 Å². The maximum atomic E-state index is 14.5. The predicted molar refractivity (Wildman–Crippen MR) is 169 cm³/mol. The molecule has 0 unspecified atom stereocenters. The molecule has 8 heteroatoms. The molecule has 1 amide bonds. The van der Waals surface area contributed by atoms with Crippen LogP contribution in [0.2, 0.25) is 0 Å². The van der Waals surface area contributed by atoms with E-state index in [0.29, 0.717) is 50.6 Å². The monoisotopic (exact) mass is 594 g/mol. The predicted octanol–water partition coefficient (Wildman–Crippen LogP) is 5.24. The summed E-state index contributed by atoms with van der Waals surface area (Å²) in [6.45, 7) is 8.45. The molecule has 2 saturated heterocycles. The number of hydrogen-bond donors (Lipinski definition) is 1. The highest BCUT2D eigenvalue weighted by Crippen LogP contribution is 2.27. The van der Waals surface area contributed by atoms with E-state index in [2.05, 4.69) is 64.4 Å². The Morgan fingerprint density at radius 1 is 0.905 bits per heavy atom. The fraction of sp³-hybridized carbons (Fsp3) is 0.441. The van der Waals surface area contributed by atoms with Crippen molar-refractivity contribution in [1.29, 1.82) is 0 Å². The molecule has 6 nitrogen and oxygen atoms in total. The van der Waals surface area contributed by atoms with Crippen molar-refractivity contribution in [2.45, 2.75) is 38.8 Å². The van der Waals surface area contributed by atoms with Crippen LogP contribution in [0.4, 0.5) is 4.39 Å². The van der Waals surface area contributed by atoms with E-state index in [-0.39, 0.29) is 30.0 Å². The smallest absolute Gasteiger partial charge is 0.239 e. The number of carbonyl (C=O) groups excluding carboxylic acids is 1. The number of hydrogen-bond acceptors (Lipinski definition) is 5. The fourth-order valence-electron chi connectivity index (χ4n) is 6.20. The summed E-state index contributed by atoms with van der Waals surface area (Å²) >= 11 is 0. The number of halogens is 2. The van der Waals surface area contributed by atoms with E-state index in [1.54, 1.807) is 6.07 Å². The summed E-state index contributed by atoms with van der Waals surface area (Å²) in [5.41, 5.74) is 11.1. The number of amides is 1. The van der Waals surface area contributed by atoms with Crippen LogP contribution in [0.25, 0.3) is 11.1 Å². The molecular weight excluding hydrogens is 551 g/mol. The zero-order valence-electron chi connectivity index (χ0n) is 24.6. The Morgan fingerprint density at radius 2 is 1.60 bits per heavy atom. The van der Waals surface area contributed by atoms with Gasteiger partial charge in [0.1, 0.15) is 11.6 Å². The first-order valence-corrected chi connectivity index (χ1v) is 15.1. The van der Waals surface area contributed by atoms with Crippen molar-refractivity contribution in [3.05, 3.63) is 89.7 Å². The minimum Gasteiger partial charge on any atom is -0.493 e. The molecular formula is C34H44ClFN4O2. The second-order valence-electron chi connectivity index (χ2n) is 11.2. The van der Waals surface area contributed by atoms with Gasteiger partial charge in [0.25, 0.3) is 0 Å². The average molecular weight is 595 g/mol. The molecule has 3 aromatic rings.